The summed E-state index contributed by atoms with van der Waals surface area (Å²) < 4.78 is 4.90. The summed E-state index contributed by atoms with van der Waals surface area (Å²) in [5, 5.41) is 0. The minimum Gasteiger partial charge on any atom is -0.373 e. The molecule has 0 heterocycles. The van der Waals surface area contributed by atoms with Gasteiger partial charge in [0.15, 0.2) is 0 Å². The highest BCUT2D eigenvalue weighted by atomic mass is 16.5. The van der Waals surface area contributed by atoms with Crippen molar-refractivity contribution in [2.75, 3.05) is 13.2 Å². The van der Waals surface area contributed by atoms with Gasteiger partial charge in [0.05, 0.1) is 13.2 Å². The fourth-order valence-corrected chi connectivity index (χ4v) is 0.824. The maximum absolute atomic E-state index is 4.90. The summed E-state index contributed by atoms with van der Waals surface area (Å²) >= 11 is 0. The average Bonchev–Trinajstić information content (AvgIpc) is 2.43. The van der Waals surface area contributed by atoms with Crippen LogP contribution in [-0.4, -0.2) is 13.2 Å². The van der Waals surface area contributed by atoms with Gasteiger partial charge < -0.3 is 4.74 Å². The molecule has 0 fully saturated rings. The SMILES string of the molecule is C=C.C=CCOCC=C.C=Cc1ccccc1. The van der Waals surface area contributed by atoms with Crippen LogP contribution < -0.4 is 0 Å². The van der Waals surface area contributed by atoms with Crippen LogP contribution in [0.5, 0.6) is 0 Å². The van der Waals surface area contributed by atoms with Gasteiger partial charge in [0.2, 0.25) is 0 Å². The number of hydrogen-bond donors (Lipinski definition) is 0. The first-order valence-corrected chi connectivity index (χ1v) is 5.32. The molecular formula is C16H22O. The second-order valence-corrected chi connectivity index (χ2v) is 2.73. The normalized spacial score (nSPS) is 7.53. The van der Waals surface area contributed by atoms with Crippen LogP contribution in [0.25, 0.3) is 6.08 Å². The molecule has 0 aliphatic heterocycles. The number of rotatable bonds is 5. The van der Waals surface area contributed by atoms with E-state index in [1.807, 2.05) is 36.4 Å². The van der Waals surface area contributed by atoms with Crippen molar-refractivity contribution >= 4 is 6.08 Å². The van der Waals surface area contributed by atoms with Crippen molar-refractivity contribution < 1.29 is 4.74 Å². The molecule has 1 aromatic rings. The first kappa shape index (κ1) is 17.5. The Bertz CT molecular complexity index is 280. The lowest BCUT2D eigenvalue weighted by atomic mass is 10.2. The zero-order valence-electron chi connectivity index (χ0n) is 10.5. The van der Waals surface area contributed by atoms with Gasteiger partial charge in [-0.05, 0) is 5.56 Å². The molecule has 0 aromatic heterocycles. The lowest BCUT2D eigenvalue weighted by Crippen LogP contribution is -1.87. The van der Waals surface area contributed by atoms with Gasteiger partial charge in [-0.25, -0.2) is 0 Å². The fraction of sp³-hybridized carbons (Fsp3) is 0.125. The van der Waals surface area contributed by atoms with Gasteiger partial charge in [-0.2, -0.15) is 0 Å². The zero-order chi connectivity index (χ0) is 13.4. The van der Waals surface area contributed by atoms with E-state index in [0.29, 0.717) is 13.2 Å². The fourth-order valence-electron chi connectivity index (χ4n) is 0.824. The zero-order valence-corrected chi connectivity index (χ0v) is 10.5. The second kappa shape index (κ2) is 16.6. The molecule has 0 amide bonds. The summed E-state index contributed by atoms with van der Waals surface area (Å²) in [6, 6.07) is 10.0. The summed E-state index contributed by atoms with van der Waals surface area (Å²) in [5.41, 5.74) is 1.17. The molecule has 0 N–H and O–H groups in total. The second-order valence-electron chi connectivity index (χ2n) is 2.73. The maximum Gasteiger partial charge on any atom is 0.0649 e. The molecule has 0 bridgehead atoms. The molecule has 0 aliphatic carbocycles. The quantitative estimate of drug-likeness (QED) is 0.534. The molecule has 0 atom stereocenters. The predicted octanol–water partition coefficient (Wildman–Crippen LogP) is 4.51. The Morgan fingerprint density at radius 3 is 1.65 bits per heavy atom. The molecule has 1 rings (SSSR count). The van der Waals surface area contributed by atoms with Gasteiger partial charge in [0.1, 0.15) is 0 Å². The van der Waals surface area contributed by atoms with Gasteiger partial charge in [-0.15, -0.1) is 26.3 Å². The number of ether oxygens (including phenoxy) is 1. The van der Waals surface area contributed by atoms with E-state index in [1.165, 1.54) is 5.56 Å². The van der Waals surface area contributed by atoms with Crippen LogP contribution in [0.4, 0.5) is 0 Å². The van der Waals surface area contributed by atoms with Gasteiger partial charge >= 0.3 is 0 Å². The third-order valence-electron chi connectivity index (χ3n) is 1.51. The number of hydrogen-bond acceptors (Lipinski definition) is 1. The van der Waals surface area contributed by atoms with Gasteiger partial charge in [0, 0.05) is 0 Å². The topological polar surface area (TPSA) is 9.23 Å². The Kier molecular flexibility index (Phi) is 17.1. The predicted molar refractivity (Wildman–Crippen MR) is 79.0 cm³/mol. The maximum atomic E-state index is 4.90. The van der Waals surface area contributed by atoms with Crippen molar-refractivity contribution in [3.05, 3.63) is 80.9 Å². The van der Waals surface area contributed by atoms with Crippen molar-refractivity contribution in [3.63, 3.8) is 0 Å². The number of benzene rings is 1. The smallest absolute Gasteiger partial charge is 0.0649 e. The van der Waals surface area contributed by atoms with E-state index in [4.69, 9.17) is 4.74 Å². The Hall–Kier alpha value is -1.86. The van der Waals surface area contributed by atoms with E-state index < -0.39 is 0 Å². The average molecular weight is 230 g/mol. The van der Waals surface area contributed by atoms with Crippen molar-refractivity contribution in [2.24, 2.45) is 0 Å². The van der Waals surface area contributed by atoms with Crippen molar-refractivity contribution in [3.8, 4) is 0 Å². The standard InChI is InChI=1S/C8H8.C6H10O.C2H4/c1-2-8-6-4-3-5-7-8;1-3-5-7-6-4-2;1-2/h2-7H,1H2;3-4H,1-2,5-6H2;1-2H2. The molecule has 1 aromatic carbocycles. The van der Waals surface area contributed by atoms with Crippen LogP contribution in [0, 0.1) is 0 Å². The highest BCUT2D eigenvalue weighted by Gasteiger charge is 1.75. The highest BCUT2D eigenvalue weighted by molar-refractivity contribution is 5.45. The van der Waals surface area contributed by atoms with Gasteiger partial charge in [-0.1, -0.05) is 55.1 Å². The third kappa shape index (κ3) is 14.1. The van der Waals surface area contributed by atoms with E-state index in [2.05, 4.69) is 32.9 Å². The van der Waals surface area contributed by atoms with Crippen molar-refractivity contribution in [1.82, 2.24) is 0 Å². The Morgan fingerprint density at radius 2 is 1.35 bits per heavy atom. The first-order valence-electron chi connectivity index (χ1n) is 5.32. The van der Waals surface area contributed by atoms with Crippen molar-refractivity contribution in [1.29, 1.82) is 0 Å². The van der Waals surface area contributed by atoms with Crippen LogP contribution in [0.2, 0.25) is 0 Å². The van der Waals surface area contributed by atoms with Crippen LogP contribution in [-0.2, 0) is 4.74 Å². The molecule has 0 saturated carbocycles. The van der Waals surface area contributed by atoms with E-state index >= 15 is 0 Å². The van der Waals surface area contributed by atoms with E-state index in [9.17, 15) is 0 Å². The molecule has 0 radical (unpaired) electrons. The summed E-state index contributed by atoms with van der Waals surface area (Å²) in [7, 11) is 0. The molecular weight excluding hydrogens is 208 g/mol. The monoisotopic (exact) mass is 230 g/mol. The molecule has 1 nitrogen and oxygen atoms in total. The van der Waals surface area contributed by atoms with Gasteiger partial charge in [0.25, 0.3) is 0 Å². The molecule has 17 heavy (non-hydrogen) atoms. The van der Waals surface area contributed by atoms with E-state index in [-0.39, 0.29) is 0 Å². The van der Waals surface area contributed by atoms with Crippen LogP contribution in [0.1, 0.15) is 5.56 Å². The molecule has 92 valence electrons. The molecule has 0 spiro atoms. The Morgan fingerprint density at radius 1 is 0.882 bits per heavy atom. The van der Waals surface area contributed by atoms with E-state index in [0.717, 1.165) is 0 Å². The molecule has 0 unspecified atom stereocenters. The van der Waals surface area contributed by atoms with Crippen molar-refractivity contribution in [2.45, 2.75) is 0 Å². The van der Waals surface area contributed by atoms with E-state index in [1.54, 1.807) is 12.2 Å². The molecule has 0 aliphatic rings. The van der Waals surface area contributed by atoms with Crippen LogP contribution in [0.15, 0.2) is 75.4 Å². The minimum absolute atomic E-state index is 0.617. The van der Waals surface area contributed by atoms with Crippen LogP contribution in [0.3, 0.4) is 0 Å². The first-order chi connectivity index (χ1) is 8.35. The molecule has 1 heteroatoms. The summed E-state index contributed by atoms with van der Waals surface area (Å²) in [4.78, 5) is 0. The lowest BCUT2D eigenvalue weighted by molar-refractivity contribution is 0.194. The summed E-state index contributed by atoms with van der Waals surface area (Å²) in [5.74, 6) is 0. The van der Waals surface area contributed by atoms with Gasteiger partial charge in [-0.3, -0.25) is 0 Å². The summed E-state index contributed by atoms with van der Waals surface area (Å²) in [6.07, 6.45) is 5.26. The molecule has 0 saturated heterocycles. The Balaban J connectivity index is 0. The Labute approximate surface area is 105 Å². The third-order valence-corrected chi connectivity index (χ3v) is 1.51. The largest absolute Gasteiger partial charge is 0.373 e. The lowest BCUT2D eigenvalue weighted by Gasteiger charge is -1.89. The van der Waals surface area contributed by atoms with Crippen LogP contribution >= 0.6 is 0 Å². The highest BCUT2D eigenvalue weighted by Crippen LogP contribution is 1.97. The summed E-state index contributed by atoms with van der Waals surface area (Å²) in [6.45, 7) is 17.8. The minimum atomic E-state index is 0.617.